The minimum absolute atomic E-state index is 0.0289. The molecule has 92 valence electrons. The molecule has 0 aliphatic rings. The highest BCUT2D eigenvalue weighted by Crippen LogP contribution is 2.12. The molecule has 0 bridgehead atoms. The van der Waals surface area contributed by atoms with E-state index in [-0.39, 0.29) is 5.75 Å². The lowest BCUT2D eigenvalue weighted by Crippen LogP contribution is -2.17. The van der Waals surface area contributed by atoms with Gasteiger partial charge in [-0.15, -0.1) is 6.42 Å². The highest BCUT2D eigenvalue weighted by molar-refractivity contribution is 7.92. The summed E-state index contributed by atoms with van der Waals surface area (Å²) in [5, 5.41) is 0. The minimum atomic E-state index is -3.33. The van der Waals surface area contributed by atoms with Crippen molar-refractivity contribution in [2.24, 2.45) is 0 Å². The molecule has 0 fully saturated rings. The van der Waals surface area contributed by atoms with E-state index in [9.17, 15) is 8.42 Å². The molecule has 0 saturated heterocycles. The zero-order valence-electron chi connectivity index (χ0n) is 9.64. The second-order valence-electron chi connectivity index (χ2n) is 3.49. The lowest BCUT2D eigenvalue weighted by atomic mass is 10.2. The van der Waals surface area contributed by atoms with E-state index in [0.29, 0.717) is 24.3 Å². The number of terminal acetylenes is 1. The van der Waals surface area contributed by atoms with Gasteiger partial charge in [0.1, 0.15) is 0 Å². The molecule has 5 heteroatoms. The van der Waals surface area contributed by atoms with Gasteiger partial charge in [0.05, 0.1) is 5.75 Å². The molecule has 1 rings (SSSR count). The number of benzene rings is 1. The Morgan fingerprint density at radius 3 is 2.88 bits per heavy atom. The smallest absolute Gasteiger partial charge is 0.232 e. The molecule has 0 aliphatic heterocycles. The highest BCUT2D eigenvalue weighted by atomic mass is 32.2. The molecule has 0 amide bonds. The molecule has 0 unspecified atom stereocenters. The number of sulfonamides is 1. The van der Waals surface area contributed by atoms with Gasteiger partial charge in [0.2, 0.25) is 10.0 Å². The molecule has 1 aromatic carbocycles. The zero-order chi connectivity index (χ0) is 12.7. The average molecular weight is 253 g/mol. The van der Waals surface area contributed by atoms with Gasteiger partial charge in [-0.25, -0.2) is 8.42 Å². The fourth-order valence-corrected chi connectivity index (χ4v) is 2.38. The van der Waals surface area contributed by atoms with Gasteiger partial charge in [0.15, 0.2) is 0 Å². The van der Waals surface area contributed by atoms with Crippen LogP contribution in [0.4, 0.5) is 5.69 Å². The molecule has 1 aromatic rings. The SMILES string of the molecule is C#Cc1cccc(NS(=O)(=O)CCCOC)c1. The lowest BCUT2D eigenvalue weighted by Gasteiger charge is -2.07. The molecule has 0 aromatic heterocycles. The van der Waals surface area contributed by atoms with E-state index in [0.717, 1.165) is 0 Å². The van der Waals surface area contributed by atoms with E-state index in [1.807, 2.05) is 0 Å². The minimum Gasteiger partial charge on any atom is -0.385 e. The number of rotatable bonds is 6. The van der Waals surface area contributed by atoms with Gasteiger partial charge in [-0.05, 0) is 24.6 Å². The Kier molecular flexibility index (Phi) is 5.01. The standard InChI is InChI=1S/C12H15NO3S/c1-3-11-6-4-7-12(10-11)13-17(14,15)9-5-8-16-2/h1,4,6-7,10,13H,5,8-9H2,2H3. The van der Waals surface area contributed by atoms with Crippen LogP contribution in [0.15, 0.2) is 24.3 Å². The van der Waals surface area contributed by atoms with Crippen molar-refractivity contribution >= 4 is 15.7 Å². The Morgan fingerprint density at radius 2 is 2.24 bits per heavy atom. The van der Waals surface area contributed by atoms with Gasteiger partial charge >= 0.3 is 0 Å². The second kappa shape index (κ2) is 6.28. The third-order valence-electron chi connectivity index (χ3n) is 2.06. The van der Waals surface area contributed by atoms with Crippen LogP contribution in [0.3, 0.4) is 0 Å². The van der Waals surface area contributed by atoms with Crippen molar-refractivity contribution in [3.63, 3.8) is 0 Å². The lowest BCUT2D eigenvalue weighted by molar-refractivity contribution is 0.199. The Balaban J connectivity index is 2.66. The predicted octanol–water partition coefficient (Wildman–Crippen LogP) is 1.45. The van der Waals surface area contributed by atoms with Crippen LogP contribution in [0, 0.1) is 12.3 Å². The van der Waals surface area contributed by atoms with Crippen molar-refractivity contribution in [3.05, 3.63) is 29.8 Å². The highest BCUT2D eigenvalue weighted by Gasteiger charge is 2.09. The molecule has 4 nitrogen and oxygen atoms in total. The normalized spacial score (nSPS) is 10.8. The van der Waals surface area contributed by atoms with Crippen LogP contribution >= 0.6 is 0 Å². The van der Waals surface area contributed by atoms with E-state index >= 15 is 0 Å². The third kappa shape index (κ3) is 4.89. The Bertz CT molecular complexity index is 503. The molecule has 0 spiro atoms. The number of hydrogen-bond donors (Lipinski definition) is 1. The summed E-state index contributed by atoms with van der Waals surface area (Å²) in [5.74, 6) is 2.48. The van der Waals surface area contributed by atoms with Crippen LogP contribution in [0.25, 0.3) is 0 Å². The summed E-state index contributed by atoms with van der Waals surface area (Å²) in [7, 11) is -1.79. The summed E-state index contributed by atoms with van der Waals surface area (Å²) in [4.78, 5) is 0. The summed E-state index contributed by atoms with van der Waals surface area (Å²) in [5.41, 5.74) is 1.12. The van der Waals surface area contributed by atoms with Crippen LogP contribution < -0.4 is 4.72 Å². The number of anilines is 1. The molecule has 1 N–H and O–H groups in total. The van der Waals surface area contributed by atoms with Gasteiger partial charge in [-0.3, -0.25) is 4.72 Å². The summed E-state index contributed by atoms with van der Waals surface area (Å²) in [6, 6.07) is 6.73. The second-order valence-corrected chi connectivity index (χ2v) is 5.33. The fourth-order valence-electron chi connectivity index (χ4n) is 1.30. The van der Waals surface area contributed by atoms with Crippen LogP contribution in [0.2, 0.25) is 0 Å². The number of nitrogens with one attached hydrogen (secondary N) is 1. The quantitative estimate of drug-likeness (QED) is 0.616. The number of methoxy groups -OCH3 is 1. The monoisotopic (exact) mass is 253 g/mol. The molecule has 0 atom stereocenters. The van der Waals surface area contributed by atoms with E-state index < -0.39 is 10.0 Å². The van der Waals surface area contributed by atoms with E-state index in [1.165, 1.54) is 7.11 Å². The van der Waals surface area contributed by atoms with Crippen LogP contribution in [-0.2, 0) is 14.8 Å². The van der Waals surface area contributed by atoms with E-state index in [4.69, 9.17) is 11.2 Å². The van der Waals surface area contributed by atoms with E-state index in [2.05, 4.69) is 10.6 Å². The molecular weight excluding hydrogens is 238 g/mol. The first kappa shape index (κ1) is 13.6. The molecule has 17 heavy (non-hydrogen) atoms. The molecule has 0 saturated carbocycles. The van der Waals surface area contributed by atoms with Crippen LogP contribution in [0.5, 0.6) is 0 Å². The first-order valence-electron chi connectivity index (χ1n) is 5.13. The largest absolute Gasteiger partial charge is 0.385 e. The molecule has 0 aliphatic carbocycles. The number of hydrogen-bond acceptors (Lipinski definition) is 3. The van der Waals surface area contributed by atoms with E-state index in [1.54, 1.807) is 24.3 Å². The van der Waals surface area contributed by atoms with Gasteiger partial charge in [0.25, 0.3) is 0 Å². The van der Waals surface area contributed by atoms with Crippen molar-refractivity contribution in [3.8, 4) is 12.3 Å². The van der Waals surface area contributed by atoms with Gasteiger partial charge in [-0.1, -0.05) is 12.0 Å². The summed E-state index contributed by atoms with van der Waals surface area (Å²) < 4.78 is 30.6. The Morgan fingerprint density at radius 1 is 1.47 bits per heavy atom. The fraction of sp³-hybridized carbons (Fsp3) is 0.333. The average Bonchev–Trinajstić information content (AvgIpc) is 2.29. The summed E-state index contributed by atoms with van der Waals surface area (Å²) >= 11 is 0. The van der Waals surface area contributed by atoms with Crippen LogP contribution in [0.1, 0.15) is 12.0 Å². The molecular formula is C12H15NO3S. The van der Waals surface area contributed by atoms with Gasteiger partial charge in [0, 0.05) is 25.0 Å². The van der Waals surface area contributed by atoms with Crippen LogP contribution in [-0.4, -0.2) is 27.9 Å². The van der Waals surface area contributed by atoms with Crippen molar-refractivity contribution < 1.29 is 13.2 Å². The van der Waals surface area contributed by atoms with Crippen molar-refractivity contribution in [1.82, 2.24) is 0 Å². The van der Waals surface area contributed by atoms with Crippen molar-refractivity contribution in [1.29, 1.82) is 0 Å². The predicted molar refractivity (Wildman–Crippen MR) is 68.3 cm³/mol. The maximum Gasteiger partial charge on any atom is 0.232 e. The van der Waals surface area contributed by atoms with Crippen molar-refractivity contribution in [2.75, 3.05) is 24.2 Å². The van der Waals surface area contributed by atoms with Gasteiger partial charge < -0.3 is 4.74 Å². The maximum atomic E-state index is 11.7. The Hall–Kier alpha value is -1.51. The number of ether oxygens (including phenoxy) is 1. The van der Waals surface area contributed by atoms with Crippen molar-refractivity contribution in [2.45, 2.75) is 6.42 Å². The first-order chi connectivity index (χ1) is 8.07. The Labute approximate surface area is 102 Å². The molecule has 0 radical (unpaired) electrons. The summed E-state index contributed by atoms with van der Waals surface area (Å²) in [6.45, 7) is 0.422. The topological polar surface area (TPSA) is 55.4 Å². The maximum absolute atomic E-state index is 11.7. The molecule has 0 heterocycles. The zero-order valence-corrected chi connectivity index (χ0v) is 10.5. The first-order valence-corrected chi connectivity index (χ1v) is 6.79. The summed E-state index contributed by atoms with van der Waals surface area (Å²) in [6.07, 6.45) is 5.70. The third-order valence-corrected chi connectivity index (χ3v) is 3.44. The van der Waals surface area contributed by atoms with Gasteiger partial charge in [-0.2, -0.15) is 0 Å².